The fraction of sp³-hybridized carbons (Fsp3) is 0.0909. The Labute approximate surface area is 188 Å². The number of nitrogens with zero attached hydrogens (tertiary/aromatic N) is 4. The van der Waals surface area contributed by atoms with Gasteiger partial charge >= 0.3 is 5.97 Å². The Morgan fingerprint density at radius 1 is 1.21 bits per heavy atom. The molecule has 0 radical (unpaired) electrons. The second-order valence-electron chi connectivity index (χ2n) is 7.02. The number of nitriles is 1. The number of sulfonamides is 1. The molecular formula is C22H17N5O5S. The second-order valence-corrected chi connectivity index (χ2v) is 8.70. The Morgan fingerprint density at radius 2 is 1.94 bits per heavy atom. The van der Waals surface area contributed by atoms with E-state index in [1.54, 1.807) is 12.1 Å². The van der Waals surface area contributed by atoms with Crippen molar-refractivity contribution in [2.24, 2.45) is 0 Å². The third-order valence-corrected chi connectivity index (χ3v) is 6.32. The summed E-state index contributed by atoms with van der Waals surface area (Å²) in [6.07, 6.45) is 1.23. The van der Waals surface area contributed by atoms with Gasteiger partial charge < -0.3 is 9.84 Å². The van der Waals surface area contributed by atoms with Crippen molar-refractivity contribution >= 4 is 32.7 Å². The summed E-state index contributed by atoms with van der Waals surface area (Å²) in [5, 5.41) is 23.5. The van der Waals surface area contributed by atoms with Crippen molar-refractivity contribution in [3.63, 3.8) is 0 Å². The number of aromatic carboxylic acids is 1. The number of carboxylic acids is 1. The largest absolute Gasteiger partial charge is 0.494 e. The summed E-state index contributed by atoms with van der Waals surface area (Å²) < 4.78 is 34.9. The molecule has 0 atom stereocenters. The first kappa shape index (κ1) is 21.8. The van der Waals surface area contributed by atoms with Gasteiger partial charge in [0, 0.05) is 5.39 Å². The highest BCUT2D eigenvalue weighted by Crippen LogP contribution is 2.29. The van der Waals surface area contributed by atoms with Crippen LogP contribution < -0.4 is 9.46 Å². The highest BCUT2D eigenvalue weighted by atomic mass is 32.2. The van der Waals surface area contributed by atoms with Crippen molar-refractivity contribution < 1.29 is 23.1 Å². The summed E-state index contributed by atoms with van der Waals surface area (Å²) >= 11 is 0. The molecule has 0 aliphatic heterocycles. The minimum atomic E-state index is -4.16. The quantitative estimate of drug-likeness (QED) is 0.443. The van der Waals surface area contributed by atoms with Crippen LogP contribution in [0.4, 0.5) is 5.82 Å². The topological polar surface area (TPSA) is 147 Å². The molecule has 0 spiro atoms. The molecule has 0 aliphatic carbocycles. The van der Waals surface area contributed by atoms with Crippen LogP contribution in [0, 0.1) is 18.3 Å². The molecule has 2 N–H and O–H groups in total. The lowest BCUT2D eigenvalue weighted by molar-refractivity contribution is 0.0696. The van der Waals surface area contributed by atoms with E-state index in [0.717, 1.165) is 10.9 Å². The van der Waals surface area contributed by atoms with Crippen LogP contribution in [0.15, 0.2) is 59.6 Å². The number of carboxylic acid groups (broad SMARTS) is 1. The molecule has 10 nitrogen and oxygen atoms in total. The maximum atomic E-state index is 13.0. The van der Waals surface area contributed by atoms with Crippen molar-refractivity contribution in [2.75, 3.05) is 11.8 Å². The molecule has 4 aromatic rings. The van der Waals surface area contributed by atoms with E-state index in [4.69, 9.17) is 9.84 Å². The Hall–Kier alpha value is -4.43. The van der Waals surface area contributed by atoms with E-state index in [0.29, 0.717) is 11.3 Å². The van der Waals surface area contributed by atoms with Crippen LogP contribution in [0.25, 0.3) is 16.7 Å². The van der Waals surface area contributed by atoms with Crippen LogP contribution in [0.1, 0.15) is 21.5 Å². The summed E-state index contributed by atoms with van der Waals surface area (Å²) in [5.74, 6) is -0.457. The molecule has 2 aromatic heterocycles. The van der Waals surface area contributed by atoms with Gasteiger partial charge in [0.15, 0.2) is 11.6 Å². The number of aromatic nitrogens is 3. The highest BCUT2D eigenvalue weighted by molar-refractivity contribution is 7.92. The Balaban J connectivity index is 1.82. The number of hydrogen-bond donors (Lipinski definition) is 2. The second kappa shape index (κ2) is 8.25. The lowest BCUT2D eigenvalue weighted by Crippen LogP contribution is -2.17. The van der Waals surface area contributed by atoms with Crippen molar-refractivity contribution in [1.29, 1.82) is 5.26 Å². The average molecular weight is 463 g/mol. The maximum absolute atomic E-state index is 13.0. The Kier molecular flexibility index (Phi) is 5.45. The summed E-state index contributed by atoms with van der Waals surface area (Å²) in [5.41, 5.74) is 1.34. The van der Waals surface area contributed by atoms with Gasteiger partial charge in [0.05, 0.1) is 23.8 Å². The molecule has 4 rings (SSSR count). The van der Waals surface area contributed by atoms with Crippen LogP contribution in [-0.2, 0) is 10.0 Å². The molecule has 2 heterocycles. The number of benzene rings is 2. The normalized spacial score (nSPS) is 11.2. The van der Waals surface area contributed by atoms with Gasteiger partial charge in [-0.25, -0.2) is 18.2 Å². The van der Waals surface area contributed by atoms with E-state index in [1.165, 1.54) is 42.3 Å². The number of carbonyl (C=O) groups is 1. The maximum Gasteiger partial charge on any atom is 0.335 e. The first-order chi connectivity index (χ1) is 15.7. The molecule has 33 heavy (non-hydrogen) atoms. The third kappa shape index (κ3) is 3.95. The van der Waals surface area contributed by atoms with Crippen molar-refractivity contribution in [2.45, 2.75) is 11.8 Å². The average Bonchev–Trinajstić information content (AvgIpc) is 3.20. The molecule has 0 unspecified atom stereocenters. The van der Waals surface area contributed by atoms with Crippen LogP contribution in [-0.4, -0.2) is 41.4 Å². The van der Waals surface area contributed by atoms with E-state index in [-0.39, 0.29) is 27.7 Å². The minimum Gasteiger partial charge on any atom is -0.494 e. The number of rotatable bonds is 6. The molecule has 2 aromatic carbocycles. The van der Waals surface area contributed by atoms with Gasteiger partial charge in [-0.1, -0.05) is 12.1 Å². The summed E-state index contributed by atoms with van der Waals surface area (Å²) in [4.78, 5) is 15.5. The molecule has 11 heteroatoms. The SMILES string of the molecule is COc1cccc2c(C)cc(-n3ncc(C#N)c3NS(=O)(=O)c3ccc(C(=O)O)cc3)nc12. The Bertz CT molecular complexity index is 1540. The van der Waals surface area contributed by atoms with Crippen LogP contribution in [0.2, 0.25) is 0 Å². The number of methoxy groups -OCH3 is 1. The number of ether oxygens (including phenoxy) is 1. The first-order valence-corrected chi connectivity index (χ1v) is 11.0. The van der Waals surface area contributed by atoms with E-state index in [1.807, 2.05) is 25.1 Å². The highest BCUT2D eigenvalue weighted by Gasteiger charge is 2.22. The summed E-state index contributed by atoms with van der Waals surface area (Å²) in [6, 6.07) is 13.8. The van der Waals surface area contributed by atoms with Gasteiger partial charge in [-0.3, -0.25) is 4.72 Å². The number of anilines is 1. The predicted molar refractivity (Wildman–Crippen MR) is 119 cm³/mol. The molecular weight excluding hydrogens is 446 g/mol. The molecule has 0 fully saturated rings. The van der Waals surface area contributed by atoms with E-state index in [9.17, 15) is 18.5 Å². The predicted octanol–water partition coefficient (Wildman–Crippen LogP) is 3.11. The Morgan fingerprint density at radius 3 is 2.58 bits per heavy atom. The number of pyridine rings is 1. The third-order valence-electron chi connectivity index (χ3n) is 4.97. The number of fused-ring (bicyclic) bond motifs is 1. The fourth-order valence-electron chi connectivity index (χ4n) is 3.31. The van der Waals surface area contributed by atoms with Crippen LogP contribution in [0.3, 0.4) is 0 Å². The van der Waals surface area contributed by atoms with Gasteiger partial charge in [-0.15, -0.1) is 0 Å². The zero-order valence-corrected chi connectivity index (χ0v) is 18.3. The van der Waals surface area contributed by atoms with E-state index < -0.39 is 16.0 Å². The summed E-state index contributed by atoms with van der Waals surface area (Å²) in [6.45, 7) is 1.87. The monoisotopic (exact) mass is 463 g/mol. The van der Waals surface area contributed by atoms with E-state index in [2.05, 4.69) is 14.8 Å². The van der Waals surface area contributed by atoms with E-state index >= 15 is 0 Å². The van der Waals surface area contributed by atoms with Crippen molar-refractivity contribution in [3.8, 4) is 17.6 Å². The molecule has 166 valence electrons. The zero-order chi connectivity index (χ0) is 23.8. The van der Waals surface area contributed by atoms with Gasteiger partial charge in [0.1, 0.15) is 22.9 Å². The lowest BCUT2D eigenvalue weighted by atomic mass is 10.1. The number of aryl methyl sites for hydroxylation is 1. The van der Waals surface area contributed by atoms with Gasteiger partial charge in [0.25, 0.3) is 10.0 Å². The molecule has 0 amide bonds. The van der Waals surface area contributed by atoms with Gasteiger partial charge in [0.2, 0.25) is 0 Å². The van der Waals surface area contributed by atoms with Crippen molar-refractivity contribution in [1.82, 2.24) is 14.8 Å². The van der Waals surface area contributed by atoms with Crippen LogP contribution >= 0.6 is 0 Å². The molecule has 0 saturated heterocycles. The standard InChI is InChI=1S/C22H17N5O5S/c1-13-10-19(25-20-17(13)4-3-5-18(20)32-2)27-21(15(11-23)12-24-27)26-33(30,31)16-8-6-14(7-9-16)22(28)29/h3-10,12,26H,1-2H3,(H,28,29). The van der Waals surface area contributed by atoms with Crippen molar-refractivity contribution in [3.05, 3.63) is 71.4 Å². The van der Waals surface area contributed by atoms with Gasteiger partial charge in [-0.05, 0) is 48.9 Å². The fourth-order valence-corrected chi connectivity index (χ4v) is 4.38. The molecule has 0 saturated carbocycles. The first-order valence-electron chi connectivity index (χ1n) is 9.54. The lowest BCUT2D eigenvalue weighted by Gasteiger charge is -2.13. The molecule has 0 aliphatic rings. The van der Waals surface area contributed by atoms with Gasteiger partial charge in [-0.2, -0.15) is 15.0 Å². The smallest absolute Gasteiger partial charge is 0.335 e. The van der Waals surface area contributed by atoms with Crippen LogP contribution in [0.5, 0.6) is 5.75 Å². The molecule has 0 bridgehead atoms. The summed E-state index contributed by atoms with van der Waals surface area (Å²) in [7, 11) is -2.64. The zero-order valence-electron chi connectivity index (χ0n) is 17.5. The number of para-hydroxylation sites is 1. The minimum absolute atomic E-state index is 0.0136. The number of nitrogens with one attached hydrogen (secondary N) is 1. The number of hydrogen-bond acceptors (Lipinski definition) is 7.